The molecule has 0 radical (unpaired) electrons. The summed E-state index contributed by atoms with van der Waals surface area (Å²) in [7, 11) is -3.66. The number of amides is 1. The maximum Gasteiger partial charge on any atom is 0.254 e. The molecule has 1 aliphatic heterocycles. The summed E-state index contributed by atoms with van der Waals surface area (Å²) in [5.74, 6) is 1.13. The maximum absolute atomic E-state index is 13.2. The van der Waals surface area contributed by atoms with Gasteiger partial charge in [0.25, 0.3) is 5.91 Å². The number of benzene rings is 1. The predicted molar refractivity (Wildman–Crippen MR) is 117 cm³/mol. The van der Waals surface area contributed by atoms with Crippen LogP contribution in [0.5, 0.6) is 0 Å². The summed E-state index contributed by atoms with van der Waals surface area (Å²) < 4.78 is 33.0. The monoisotopic (exact) mass is 433 g/mol. The summed E-state index contributed by atoms with van der Waals surface area (Å²) in [5.41, 5.74) is 1.14. The lowest BCUT2D eigenvalue weighted by atomic mass is 10.1. The summed E-state index contributed by atoms with van der Waals surface area (Å²) in [4.78, 5) is 15.5. The first-order valence-corrected chi connectivity index (χ1v) is 12.0. The average Bonchev–Trinajstić information content (AvgIpc) is 3.40. The highest BCUT2D eigenvalue weighted by Gasteiger charge is 2.27. The van der Waals surface area contributed by atoms with Gasteiger partial charge in [-0.15, -0.1) is 0 Å². The zero-order valence-corrected chi connectivity index (χ0v) is 19.0. The number of carbonyl (C=O) groups excluding carboxylic acids is 1. The molecule has 0 saturated carbocycles. The summed E-state index contributed by atoms with van der Waals surface area (Å²) in [6, 6.07) is 8.24. The molecule has 0 aliphatic carbocycles. The molecule has 8 heteroatoms. The largest absolute Gasteiger partial charge is 0.464 e. The Bertz CT molecular complexity index is 990. The molecule has 1 aromatic carbocycles. The Balaban J connectivity index is 1.97. The fraction of sp³-hybridized carbons (Fsp3) is 0.500. The van der Waals surface area contributed by atoms with E-state index in [-0.39, 0.29) is 16.8 Å². The fourth-order valence-corrected chi connectivity index (χ4v) is 5.32. The standard InChI is InChI=1S/C22H31N3O4S/c1-5-25(6-2)30(27,28)18-10-11-20(24-13-7-8-14-24)19(15-18)22(26)23-17(4)21-12-9-16(3)29-21/h9-12,15,17H,5-8,13-14H2,1-4H3,(H,23,26). The third-order valence-corrected chi connectivity index (χ3v) is 7.58. The van der Waals surface area contributed by atoms with Crippen LogP contribution >= 0.6 is 0 Å². The number of nitrogens with zero attached hydrogens (tertiary/aromatic N) is 2. The molecule has 2 aromatic rings. The molecule has 3 rings (SSSR count). The van der Waals surface area contributed by atoms with Gasteiger partial charge < -0.3 is 14.6 Å². The van der Waals surface area contributed by atoms with Gasteiger partial charge in [0.15, 0.2) is 0 Å². The van der Waals surface area contributed by atoms with Crippen LogP contribution in [0.4, 0.5) is 5.69 Å². The second kappa shape index (κ2) is 9.22. The van der Waals surface area contributed by atoms with Gasteiger partial charge in [-0.2, -0.15) is 4.31 Å². The number of hydrogen-bond donors (Lipinski definition) is 1. The highest BCUT2D eigenvalue weighted by Crippen LogP contribution is 2.29. The molecule has 2 heterocycles. The number of aryl methyl sites for hydroxylation is 1. The minimum absolute atomic E-state index is 0.140. The van der Waals surface area contributed by atoms with E-state index in [2.05, 4.69) is 10.2 Å². The van der Waals surface area contributed by atoms with E-state index < -0.39 is 10.0 Å². The minimum atomic E-state index is -3.66. The second-order valence-corrected chi connectivity index (χ2v) is 9.54. The van der Waals surface area contributed by atoms with Gasteiger partial charge in [0.2, 0.25) is 10.0 Å². The third kappa shape index (κ3) is 4.54. The molecule has 1 saturated heterocycles. The van der Waals surface area contributed by atoms with Crippen molar-refractivity contribution in [3.8, 4) is 0 Å². The lowest BCUT2D eigenvalue weighted by molar-refractivity contribution is 0.0935. The zero-order chi connectivity index (χ0) is 21.9. The Morgan fingerprint density at radius 2 is 1.83 bits per heavy atom. The highest BCUT2D eigenvalue weighted by molar-refractivity contribution is 7.89. The van der Waals surface area contributed by atoms with Crippen LogP contribution in [0.3, 0.4) is 0 Å². The van der Waals surface area contributed by atoms with Gasteiger partial charge in [0, 0.05) is 31.9 Å². The lowest BCUT2D eigenvalue weighted by Crippen LogP contribution is -2.32. The fourth-order valence-electron chi connectivity index (χ4n) is 3.84. The summed E-state index contributed by atoms with van der Waals surface area (Å²) in [5, 5.41) is 2.96. The third-order valence-electron chi connectivity index (χ3n) is 5.54. The van der Waals surface area contributed by atoms with Crippen molar-refractivity contribution in [3.63, 3.8) is 0 Å². The van der Waals surface area contributed by atoms with Crippen LogP contribution in [-0.2, 0) is 10.0 Å². The van der Waals surface area contributed by atoms with Gasteiger partial charge in [-0.1, -0.05) is 13.8 Å². The lowest BCUT2D eigenvalue weighted by Gasteiger charge is -2.24. The number of hydrogen-bond acceptors (Lipinski definition) is 5. The van der Waals surface area contributed by atoms with Gasteiger partial charge in [-0.25, -0.2) is 8.42 Å². The molecule has 0 bridgehead atoms. The van der Waals surface area contributed by atoms with E-state index in [1.165, 1.54) is 10.4 Å². The maximum atomic E-state index is 13.2. The average molecular weight is 434 g/mol. The van der Waals surface area contributed by atoms with Crippen LogP contribution in [0.2, 0.25) is 0 Å². The molecule has 7 nitrogen and oxygen atoms in total. The van der Waals surface area contributed by atoms with Gasteiger partial charge in [0.1, 0.15) is 11.5 Å². The quantitative estimate of drug-likeness (QED) is 0.686. The number of rotatable bonds is 8. The van der Waals surface area contributed by atoms with E-state index in [0.29, 0.717) is 24.4 Å². The van der Waals surface area contributed by atoms with Crippen LogP contribution in [0, 0.1) is 6.92 Å². The number of anilines is 1. The van der Waals surface area contributed by atoms with Crippen molar-refractivity contribution in [2.45, 2.75) is 51.5 Å². The van der Waals surface area contributed by atoms with Crippen molar-refractivity contribution in [3.05, 3.63) is 47.4 Å². The van der Waals surface area contributed by atoms with E-state index in [9.17, 15) is 13.2 Å². The Kier molecular flexibility index (Phi) is 6.88. The Labute approximate surface area is 179 Å². The number of furan rings is 1. The summed E-state index contributed by atoms with van der Waals surface area (Å²) in [6.07, 6.45) is 2.12. The number of carbonyl (C=O) groups is 1. The highest BCUT2D eigenvalue weighted by atomic mass is 32.2. The normalized spacial score (nSPS) is 15.6. The first-order valence-electron chi connectivity index (χ1n) is 10.5. The van der Waals surface area contributed by atoms with Crippen molar-refractivity contribution in [2.24, 2.45) is 0 Å². The van der Waals surface area contributed by atoms with Crippen molar-refractivity contribution in [2.75, 3.05) is 31.1 Å². The summed E-state index contributed by atoms with van der Waals surface area (Å²) in [6.45, 7) is 9.78. The van der Waals surface area contributed by atoms with Gasteiger partial charge in [-0.05, 0) is 57.0 Å². The van der Waals surface area contributed by atoms with Crippen LogP contribution < -0.4 is 10.2 Å². The van der Waals surface area contributed by atoms with Gasteiger partial charge in [-0.3, -0.25) is 4.79 Å². The molecule has 1 unspecified atom stereocenters. The van der Waals surface area contributed by atoms with Crippen LogP contribution in [0.25, 0.3) is 0 Å². The molecule has 1 fully saturated rings. The van der Waals surface area contributed by atoms with Crippen molar-refractivity contribution >= 4 is 21.6 Å². The first-order chi connectivity index (χ1) is 14.3. The molecule has 0 spiro atoms. The van der Waals surface area contributed by atoms with Crippen molar-refractivity contribution in [1.29, 1.82) is 0 Å². The molecule has 164 valence electrons. The Morgan fingerprint density at radius 3 is 2.40 bits per heavy atom. The molecule has 30 heavy (non-hydrogen) atoms. The number of sulfonamides is 1. The van der Waals surface area contributed by atoms with Gasteiger partial charge in [0.05, 0.1) is 16.5 Å². The molecule has 1 aliphatic rings. The second-order valence-electron chi connectivity index (χ2n) is 7.61. The van der Waals surface area contributed by atoms with E-state index in [4.69, 9.17) is 4.42 Å². The summed E-state index contributed by atoms with van der Waals surface area (Å²) >= 11 is 0. The predicted octanol–water partition coefficient (Wildman–Crippen LogP) is 3.71. The van der Waals surface area contributed by atoms with Gasteiger partial charge >= 0.3 is 0 Å². The van der Waals surface area contributed by atoms with E-state index >= 15 is 0 Å². The van der Waals surface area contributed by atoms with Crippen LogP contribution in [0.15, 0.2) is 39.6 Å². The smallest absolute Gasteiger partial charge is 0.254 e. The Hall–Kier alpha value is -2.32. The molecule has 1 atom stereocenters. The SMILES string of the molecule is CCN(CC)S(=O)(=O)c1ccc(N2CCCC2)c(C(=O)NC(C)c2ccc(C)o2)c1. The molecule has 1 aromatic heterocycles. The van der Waals surface area contributed by atoms with Crippen LogP contribution in [-0.4, -0.2) is 44.8 Å². The zero-order valence-electron chi connectivity index (χ0n) is 18.1. The van der Waals surface area contributed by atoms with Crippen molar-refractivity contribution in [1.82, 2.24) is 9.62 Å². The number of nitrogens with one attached hydrogen (secondary N) is 1. The van der Waals surface area contributed by atoms with E-state index in [0.717, 1.165) is 37.4 Å². The first kappa shape index (κ1) is 22.4. The minimum Gasteiger partial charge on any atom is -0.464 e. The molecular formula is C22H31N3O4S. The van der Waals surface area contributed by atoms with E-state index in [1.54, 1.807) is 26.0 Å². The molecule has 1 amide bonds. The van der Waals surface area contributed by atoms with Crippen molar-refractivity contribution < 1.29 is 17.6 Å². The topological polar surface area (TPSA) is 82.9 Å². The van der Waals surface area contributed by atoms with E-state index in [1.807, 2.05) is 26.0 Å². The van der Waals surface area contributed by atoms with Crippen LogP contribution in [0.1, 0.15) is 61.5 Å². The molecular weight excluding hydrogens is 402 g/mol. The molecule has 1 N–H and O–H groups in total. The Morgan fingerprint density at radius 1 is 1.17 bits per heavy atom.